The molecule has 0 radical (unpaired) electrons. The monoisotopic (exact) mass is 264 g/mol. The number of aromatic nitrogens is 2. The standard InChI is InChI=1S/C13H20N4O2/c1-3-5-15-11-8-14-7-10(16-11)12(18)17-13(2)4-6-19-9-13/h7-8H,3-6,9H2,1-2H3,(H,15,16)(H,17,18). The highest BCUT2D eigenvalue weighted by Crippen LogP contribution is 2.18. The molecule has 6 heteroatoms. The van der Waals surface area contributed by atoms with Crippen molar-refractivity contribution in [2.45, 2.75) is 32.2 Å². The van der Waals surface area contributed by atoms with Gasteiger partial charge >= 0.3 is 0 Å². The number of nitrogens with one attached hydrogen (secondary N) is 2. The minimum absolute atomic E-state index is 0.208. The van der Waals surface area contributed by atoms with Gasteiger partial charge in [0.2, 0.25) is 0 Å². The van der Waals surface area contributed by atoms with Crippen molar-refractivity contribution >= 4 is 11.7 Å². The number of amides is 1. The molecule has 0 aromatic carbocycles. The van der Waals surface area contributed by atoms with E-state index >= 15 is 0 Å². The van der Waals surface area contributed by atoms with Crippen LogP contribution >= 0.6 is 0 Å². The first-order valence-corrected chi connectivity index (χ1v) is 6.59. The van der Waals surface area contributed by atoms with E-state index in [1.165, 1.54) is 6.20 Å². The number of ether oxygens (including phenoxy) is 1. The molecule has 2 rings (SSSR count). The zero-order chi connectivity index (χ0) is 13.7. The van der Waals surface area contributed by atoms with E-state index in [4.69, 9.17) is 4.74 Å². The third-order valence-electron chi connectivity index (χ3n) is 3.06. The average molecular weight is 264 g/mol. The zero-order valence-electron chi connectivity index (χ0n) is 11.4. The van der Waals surface area contributed by atoms with Gasteiger partial charge in [0.25, 0.3) is 5.91 Å². The van der Waals surface area contributed by atoms with E-state index in [-0.39, 0.29) is 11.4 Å². The highest BCUT2D eigenvalue weighted by Gasteiger charge is 2.31. The van der Waals surface area contributed by atoms with E-state index in [0.717, 1.165) is 19.4 Å². The molecular formula is C13H20N4O2. The van der Waals surface area contributed by atoms with E-state index in [0.29, 0.717) is 24.7 Å². The Hall–Kier alpha value is -1.69. The van der Waals surface area contributed by atoms with Crippen molar-refractivity contribution in [3.05, 3.63) is 18.1 Å². The van der Waals surface area contributed by atoms with E-state index in [1.54, 1.807) is 6.20 Å². The SMILES string of the molecule is CCCNc1cncc(C(=O)NC2(C)CCOC2)n1. The Morgan fingerprint density at radius 1 is 1.53 bits per heavy atom. The fourth-order valence-corrected chi connectivity index (χ4v) is 1.92. The van der Waals surface area contributed by atoms with E-state index in [9.17, 15) is 4.79 Å². The molecule has 1 atom stereocenters. The molecule has 6 nitrogen and oxygen atoms in total. The summed E-state index contributed by atoms with van der Waals surface area (Å²) in [5, 5.41) is 6.08. The molecule has 1 saturated heterocycles. The van der Waals surface area contributed by atoms with Crippen LogP contribution in [0, 0.1) is 0 Å². The first-order valence-electron chi connectivity index (χ1n) is 6.59. The Labute approximate surface area is 113 Å². The molecule has 1 unspecified atom stereocenters. The summed E-state index contributed by atoms with van der Waals surface area (Å²) in [7, 11) is 0. The predicted molar refractivity (Wildman–Crippen MR) is 72.1 cm³/mol. The molecule has 1 aromatic heterocycles. The maximum Gasteiger partial charge on any atom is 0.272 e. The van der Waals surface area contributed by atoms with Gasteiger partial charge in [-0.25, -0.2) is 4.98 Å². The predicted octanol–water partition coefficient (Wildman–Crippen LogP) is 1.21. The quantitative estimate of drug-likeness (QED) is 0.836. The lowest BCUT2D eigenvalue weighted by Gasteiger charge is -2.23. The minimum Gasteiger partial charge on any atom is -0.379 e. The molecule has 1 aromatic rings. The van der Waals surface area contributed by atoms with E-state index in [1.807, 2.05) is 6.92 Å². The van der Waals surface area contributed by atoms with Crippen LogP contribution in [0.25, 0.3) is 0 Å². The second-order valence-corrected chi connectivity index (χ2v) is 5.03. The first kappa shape index (κ1) is 13.7. The molecular weight excluding hydrogens is 244 g/mol. The Bertz CT molecular complexity index is 444. The van der Waals surface area contributed by atoms with Crippen molar-refractivity contribution in [1.82, 2.24) is 15.3 Å². The van der Waals surface area contributed by atoms with Crippen molar-refractivity contribution in [1.29, 1.82) is 0 Å². The number of carbonyl (C=O) groups is 1. The lowest BCUT2D eigenvalue weighted by molar-refractivity contribution is 0.0884. The normalized spacial score (nSPS) is 22.2. The maximum atomic E-state index is 12.1. The van der Waals surface area contributed by atoms with Gasteiger partial charge in [0.15, 0.2) is 0 Å². The molecule has 2 heterocycles. The number of carbonyl (C=O) groups excluding carboxylic acids is 1. The second-order valence-electron chi connectivity index (χ2n) is 5.03. The molecule has 1 aliphatic heterocycles. The third-order valence-corrected chi connectivity index (χ3v) is 3.06. The summed E-state index contributed by atoms with van der Waals surface area (Å²) in [6, 6.07) is 0. The van der Waals surface area contributed by atoms with Gasteiger partial charge in [-0.15, -0.1) is 0 Å². The summed E-state index contributed by atoms with van der Waals surface area (Å²) in [5.41, 5.74) is 0.0280. The van der Waals surface area contributed by atoms with Crippen molar-refractivity contribution < 1.29 is 9.53 Å². The van der Waals surface area contributed by atoms with Crippen LogP contribution in [0.1, 0.15) is 37.2 Å². The average Bonchev–Trinajstić information content (AvgIpc) is 2.83. The summed E-state index contributed by atoms with van der Waals surface area (Å²) < 4.78 is 5.31. The molecule has 1 fully saturated rings. The molecule has 0 spiro atoms. The lowest BCUT2D eigenvalue weighted by Crippen LogP contribution is -2.46. The molecule has 0 bridgehead atoms. The third kappa shape index (κ3) is 3.64. The molecule has 104 valence electrons. The number of nitrogens with zero attached hydrogens (tertiary/aromatic N) is 2. The smallest absolute Gasteiger partial charge is 0.272 e. The van der Waals surface area contributed by atoms with Crippen LogP contribution in [0.3, 0.4) is 0 Å². The summed E-state index contributed by atoms with van der Waals surface area (Å²) >= 11 is 0. The first-order chi connectivity index (χ1) is 9.13. The molecule has 19 heavy (non-hydrogen) atoms. The van der Waals surface area contributed by atoms with Crippen LogP contribution in [-0.4, -0.2) is 41.2 Å². The van der Waals surface area contributed by atoms with Crippen molar-refractivity contribution in [3.63, 3.8) is 0 Å². The van der Waals surface area contributed by atoms with Crippen LogP contribution < -0.4 is 10.6 Å². The number of anilines is 1. The van der Waals surface area contributed by atoms with Crippen LogP contribution in [0.15, 0.2) is 12.4 Å². The van der Waals surface area contributed by atoms with E-state index in [2.05, 4.69) is 27.5 Å². The van der Waals surface area contributed by atoms with Gasteiger partial charge in [-0.05, 0) is 19.8 Å². The van der Waals surface area contributed by atoms with Gasteiger partial charge in [-0.1, -0.05) is 6.92 Å². The van der Waals surface area contributed by atoms with Gasteiger partial charge in [-0.2, -0.15) is 0 Å². The molecule has 0 saturated carbocycles. The fraction of sp³-hybridized carbons (Fsp3) is 0.615. The maximum absolute atomic E-state index is 12.1. The molecule has 0 aliphatic carbocycles. The molecule has 2 N–H and O–H groups in total. The fourth-order valence-electron chi connectivity index (χ4n) is 1.92. The summed E-state index contributed by atoms with van der Waals surface area (Å²) in [4.78, 5) is 20.4. The van der Waals surface area contributed by atoms with Crippen molar-refractivity contribution in [2.75, 3.05) is 25.1 Å². The Kier molecular flexibility index (Phi) is 4.31. The Morgan fingerprint density at radius 2 is 2.37 bits per heavy atom. The van der Waals surface area contributed by atoms with Crippen LogP contribution in [0.5, 0.6) is 0 Å². The largest absolute Gasteiger partial charge is 0.379 e. The van der Waals surface area contributed by atoms with Crippen LogP contribution in [0.2, 0.25) is 0 Å². The topological polar surface area (TPSA) is 76.1 Å². The highest BCUT2D eigenvalue weighted by atomic mass is 16.5. The van der Waals surface area contributed by atoms with Crippen molar-refractivity contribution in [3.8, 4) is 0 Å². The van der Waals surface area contributed by atoms with Crippen LogP contribution in [-0.2, 0) is 4.74 Å². The molecule has 1 amide bonds. The summed E-state index contributed by atoms with van der Waals surface area (Å²) in [5.74, 6) is 0.419. The Balaban J connectivity index is 2.02. The number of hydrogen-bond donors (Lipinski definition) is 2. The number of rotatable bonds is 5. The zero-order valence-corrected chi connectivity index (χ0v) is 11.4. The highest BCUT2D eigenvalue weighted by molar-refractivity contribution is 5.92. The van der Waals surface area contributed by atoms with Gasteiger partial charge < -0.3 is 15.4 Å². The van der Waals surface area contributed by atoms with Crippen molar-refractivity contribution in [2.24, 2.45) is 0 Å². The van der Waals surface area contributed by atoms with E-state index < -0.39 is 0 Å². The minimum atomic E-state index is -0.300. The number of hydrogen-bond acceptors (Lipinski definition) is 5. The summed E-state index contributed by atoms with van der Waals surface area (Å²) in [6.07, 6.45) is 4.91. The van der Waals surface area contributed by atoms with Gasteiger partial charge in [0, 0.05) is 13.2 Å². The van der Waals surface area contributed by atoms with Crippen LogP contribution in [0.4, 0.5) is 5.82 Å². The second kappa shape index (κ2) is 5.97. The molecule has 1 aliphatic rings. The van der Waals surface area contributed by atoms with Gasteiger partial charge in [-0.3, -0.25) is 9.78 Å². The summed E-state index contributed by atoms with van der Waals surface area (Å²) in [6.45, 7) is 6.08. The lowest BCUT2D eigenvalue weighted by atomic mass is 10.0. The van der Waals surface area contributed by atoms with Gasteiger partial charge in [0.05, 0.1) is 24.5 Å². The van der Waals surface area contributed by atoms with Gasteiger partial charge in [0.1, 0.15) is 11.5 Å². The Morgan fingerprint density at radius 3 is 3.05 bits per heavy atom.